The Bertz CT molecular complexity index is 797. The van der Waals surface area contributed by atoms with Crippen molar-refractivity contribution in [2.24, 2.45) is 0 Å². The van der Waals surface area contributed by atoms with Crippen LogP contribution < -0.4 is 5.32 Å². The first-order valence-electron chi connectivity index (χ1n) is 9.51. The summed E-state index contributed by atoms with van der Waals surface area (Å²) in [4.78, 5) is 18.6. The minimum Gasteiger partial charge on any atom is -0.378 e. The number of carbonyl (C=O) groups is 1. The highest BCUT2D eigenvalue weighted by molar-refractivity contribution is 6.33. The molecule has 144 valence electrons. The average Bonchev–Trinajstić information content (AvgIpc) is 3.39. The molecule has 0 unspecified atom stereocenters. The van der Waals surface area contributed by atoms with Crippen molar-refractivity contribution in [3.63, 3.8) is 0 Å². The van der Waals surface area contributed by atoms with Gasteiger partial charge in [0.25, 0.3) is 5.91 Å². The first-order chi connectivity index (χ1) is 13.2. The molecule has 2 aromatic rings. The Balaban J connectivity index is 1.37. The van der Waals surface area contributed by atoms with Gasteiger partial charge in [0.05, 0.1) is 42.1 Å². The van der Waals surface area contributed by atoms with Crippen LogP contribution in [0.15, 0.2) is 24.5 Å². The van der Waals surface area contributed by atoms with Gasteiger partial charge in [-0.05, 0) is 25.0 Å². The summed E-state index contributed by atoms with van der Waals surface area (Å²) in [5.74, 6) is 0.500. The molecule has 27 heavy (non-hydrogen) atoms. The van der Waals surface area contributed by atoms with Crippen molar-refractivity contribution in [2.75, 3.05) is 31.6 Å². The lowest BCUT2D eigenvalue weighted by molar-refractivity contribution is 0.0302. The second kappa shape index (κ2) is 8.27. The summed E-state index contributed by atoms with van der Waals surface area (Å²) in [7, 11) is 0. The summed E-state index contributed by atoms with van der Waals surface area (Å²) in [5.41, 5.74) is 1.45. The lowest BCUT2D eigenvalue weighted by Crippen LogP contribution is -2.40. The van der Waals surface area contributed by atoms with E-state index in [2.05, 4.69) is 20.1 Å². The molecule has 0 atom stereocenters. The number of nitrogens with zero attached hydrogens (tertiary/aromatic N) is 4. The molecule has 0 bridgehead atoms. The zero-order valence-electron chi connectivity index (χ0n) is 15.2. The maximum atomic E-state index is 12.5. The van der Waals surface area contributed by atoms with Gasteiger partial charge >= 0.3 is 0 Å². The number of halogens is 1. The maximum Gasteiger partial charge on any atom is 0.255 e. The van der Waals surface area contributed by atoms with Gasteiger partial charge in [-0.3, -0.25) is 9.48 Å². The molecule has 8 heteroatoms. The number of carbonyl (C=O) groups excluding carboxylic acids is 1. The molecule has 2 aliphatic rings. The van der Waals surface area contributed by atoms with Gasteiger partial charge in [-0.15, -0.1) is 0 Å². The number of anilines is 1. The number of rotatable bonds is 5. The maximum absolute atomic E-state index is 12.5. The molecule has 0 spiro atoms. The van der Waals surface area contributed by atoms with E-state index < -0.39 is 0 Å². The van der Waals surface area contributed by atoms with Gasteiger partial charge in [0, 0.05) is 25.5 Å². The third-order valence-electron chi connectivity index (χ3n) is 5.19. The summed E-state index contributed by atoms with van der Waals surface area (Å²) in [5, 5.41) is 8.30. The number of hydrogen-bond donors (Lipinski definition) is 1. The highest BCUT2D eigenvalue weighted by atomic mass is 35.5. The number of nitrogens with one attached hydrogen (secondary N) is 1. The Kier molecular flexibility index (Phi) is 5.59. The number of morpholine rings is 1. The van der Waals surface area contributed by atoms with Crippen LogP contribution in [0.5, 0.6) is 0 Å². The molecule has 3 heterocycles. The monoisotopic (exact) mass is 389 g/mol. The van der Waals surface area contributed by atoms with Crippen LogP contribution in [-0.2, 0) is 11.3 Å². The van der Waals surface area contributed by atoms with Gasteiger partial charge < -0.3 is 15.0 Å². The van der Waals surface area contributed by atoms with Crippen molar-refractivity contribution in [1.82, 2.24) is 19.7 Å². The molecule has 1 aliphatic heterocycles. The molecule has 2 aromatic heterocycles. The Morgan fingerprint density at radius 3 is 2.81 bits per heavy atom. The van der Waals surface area contributed by atoms with Crippen molar-refractivity contribution in [1.29, 1.82) is 0 Å². The summed E-state index contributed by atoms with van der Waals surface area (Å²) >= 11 is 6.34. The van der Waals surface area contributed by atoms with Crippen molar-refractivity contribution in [3.05, 3.63) is 40.8 Å². The Hall–Kier alpha value is -2.12. The smallest absolute Gasteiger partial charge is 0.255 e. The van der Waals surface area contributed by atoms with Gasteiger partial charge in [-0.1, -0.05) is 24.4 Å². The van der Waals surface area contributed by atoms with E-state index >= 15 is 0 Å². The van der Waals surface area contributed by atoms with Crippen molar-refractivity contribution in [3.8, 4) is 0 Å². The summed E-state index contributed by atoms with van der Waals surface area (Å²) in [6, 6.07) is 4.23. The Morgan fingerprint density at radius 2 is 2.07 bits per heavy atom. The number of amides is 1. The van der Waals surface area contributed by atoms with Crippen molar-refractivity contribution >= 4 is 23.3 Å². The van der Waals surface area contributed by atoms with E-state index in [0.29, 0.717) is 55.3 Å². The minimum atomic E-state index is -0.0606. The van der Waals surface area contributed by atoms with E-state index in [-0.39, 0.29) is 5.91 Å². The van der Waals surface area contributed by atoms with Crippen LogP contribution in [0.2, 0.25) is 5.02 Å². The van der Waals surface area contributed by atoms with Gasteiger partial charge in [-0.2, -0.15) is 5.10 Å². The van der Waals surface area contributed by atoms with E-state index in [0.717, 1.165) is 5.69 Å². The largest absolute Gasteiger partial charge is 0.378 e. The topological polar surface area (TPSA) is 72.3 Å². The lowest BCUT2D eigenvalue weighted by Gasteiger charge is -2.26. The van der Waals surface area contributed by atoms with Crippen LogP contribution >= 0.6 is 11.6 Å². The van der Waals surface area contributed by atoms with E-state index in [1.54, 1.807) is 17.2 Å². The quantitative estimate of drug-likeness (QED) is 0.850. The van der Waals surface area contributed by atoms with Crippen molar-refractivity contribution < 1.29 is 9.53 Å². The highest BCUT2D eigenvalue weighted by Crippen LogP contribution is 2.29. The molecule has 0 radical (unpaired) electrons. The van der Waals surface area contributed by atoms with Crippen LogP contribution in [0, 0.1) is 0 Å². The molecule has 1 aliphatic carbocycles. The molecule has 0 aromatic carbocycles. The number of hydrogen-bond acceptors (Lipinski definition) is 5. The molecule has 7 nitrogen and oxygen atoms in total. The lowest BCUT2D eigenvalue weighted by atomic mass is 10.2. The first-order valence-corrected chi connectivity index (χ1v) is 9.89. The van der Waals surface area contributed by atoms with E-state index in [1.807, 2.05) is 12.3 Å². The standard InChI is InChI=1S/C19H24ClN5O2/c20-17-11-14(19(26)24-7-9-27-10-8-24)12-21-18(17)22-13-15-5-6-25(23-15)16-3-1-2-4-16/h5-6,11-12,16H,1-4,7-10,13H2,(H,21,22). The molecule has 1 amide bonds. The molecule has 2 fully saturated rings. The molecular formula is C19H24ClN5O2. The molecule has 1 saturated heterocycles. The zero-order chi connectivity index (χ0) is 18.6. The summed E-state index contributed by atoms with van der Waals surface area (Å²) in [6.45, 7) is 2.88. The third-order valence-corrected chi connectivity index (χ3v) is 5.47. The molecule has 4 rings (SSSR count). The number of pyridine rings is 1. The van der Waals surface area contributed by atoms with E-state index in [4.69, 9.17) is 16.3 Å². The van der Waals surface area contributed by atoms with Crippen LogP contribution in [-0.4, -0.2) is 51.9 Å². The fourth-order valence-electron chi connectivity index (χ4n) is 3.65. The fourth-order valence-corrected chi connectivity index (χ4v) is 3.89. The number of aromatic nitrogens is 3. The summed E-state index contributed by atoms with van der Waals surface area (Å²) < 4.78 is 7.36. The van der Waals surface area contributed by atoms with E-state index in [9.17, 15) is 4.79 Å². The SMILES string of the molecule is O=C(c1cnc(NCc2ccn(C3CCCC3)n2)c(Cl)c1)N1CCOCC1. The first kappa shape index (κ1) is 18.3. The predicted octanol–water partition coefficient (Wildman–Crippen LogP) is 3.13. The minimum absolute atomic E-state index is 0.0606. The van der Waals surface area contributed by atoms with Crippen LogP contribution in [0.25, 0.3) is 0 Å². The highest BCUT2D eigenvalue weighted by Gasteiger charge is 2.20. The summed E-state index contributed by atoms with van der Waals surface area (Å²) in [6.07, 6.45) is 8.61. The normalized spacial score (nSPS) is 18.0. The van der Waals surface area contributed by atoms with Crippen LogP contribution in [0.4, 0.5) is 5.82 Å². The molecular weight excluding hydrogens is 366 g/mol. The van der Waals surface area contributed by atoms with Gasteiger partial charge in [0.1, 0.15) is 5.82 Å². The fraction of sp³-hybridized carbons (Fsp3) is 0.526. The average molecular weight is 390 g/mol. The van der Waals surface area contributed by atoms with Crippen LogP contribution in [0.3, 0.4) is 0 Å². The van der Waals surface area contributed by atoms with Gasteiger partial charge in [0.2, 0.25) is 0 Å². The Labute approximate surface area is 163 Å². The second-order valence-electron chi connectivity index (χ2n) is 7.04. The van der Waals surface area contributed by atoms with Crippen molar-refractivity contribution in [2.45, 2.75) is 38.3 Å². The van der Waals surface area contributed by atoms with Gasteiger partial charge in [0.15, 0.2) is 0 Å². The second-order valence-corrected chi connectivity index (χ2v) is 7.45. The number of ether oxygens (including phenoxy) is 1. The zero-order valence-corrected chi connectivity index (χ0v) is 16.0. The van der Waals surface area contributed by atoms with Crippen LogP contribution in [0.1, 0.15) is 47.8 Å². The third kappa shape index (κ3) is 4.25. The van der Waals surface area contributed by atoms with E-state index in [1.165, 1.54) is 25.7 Å². The molecule has 1 N–H and O–H groups in total. The Morgan fingerprint density at radius 1 is 1.30 bits per heavy atom. The van der Waals surface area contributed by atoms with Gasteiger partial charge in [-0.25, -0.2) is 4.98 Å². The molecule has 1 saturated carbocycles. The predicted molar refractivity (Wildman–Crippen MR) is 103 cm³/mol.